The number of aromatic amines is 2. The molecule has 0 saturated heterocycles. The minimum atomic E-state index is -1.20. The molecule has 0 aliphatic carbocycles. The molecule has 9 rings (SSSR count). The first kappa shape index (κ1) is 34.7. The SMILES string of the molecule is Fc1cccc(F)c1C1=Cc2cc3ccc(cc4nc(cc5[nH]c(c(-c6c(F)cccc6F)c1n2)c(-c1c(F)cccc1F)c5-c1c(F)cccc1F)C=C4)[nH]3. The molecule has 8 bridgehead atoms. The first-order valence-electron chi connectivity index (χ1n) is 17.0. The largest absolute Gasteiger partial charge is 0.355 e. The lowest BCUT2D eigenvalue weighted by atomic mass is 9.89. The third kappa shape index (κ3) is 5.77. The normalized spacial score (nSPS) is 12.3. The highest BCUT2D eigenvalue weighted by Gasteiger charge is 2.32. The molecule has 4 aromatic carbocycles. The van der Waals surface area contributed by atoms with Gasteiger partial charge in [0.15, 0.2) is 0 Å². The first-order valence-corrected chi connectivity index (χ1v) is 17.0. The first-order chi connectivity index (χ1) is 27.0. The van der Waals surface area contributed by atoms with Gasteiger partial charge in [-0.2, -0.15) is 0 Å². The van der Waals surface area contributed by atoms with Gasteiger partial charge in [0, 0.05) is 38.8 Å². The molecular weight excluding hydrogens is 736 g/mol. The maximum atomic E-state index is 16.3. The van der Waals surface area contributed by atoms with Gasteiger partial charge in [0.2, 0.25) is 0 Å². The molecule has 0 unspecified atom stereocenters. The van der Waals surface area contributed by atoms with Crippen molar-refractivity contribution in [3.05, 3.63) is 178 Å². The molecule has 56 heavy (non-hydrogen) atoms. The molecule has 3 aromatic heterocycles. The highest BCUT2D eigenvalue weighted by Crippen LogP contribution is 2.49. The summed E-state index contributed by atoms with van der Waals surface area (Å²) in [6.45, 7) is 0. The molecule has 5 heterocycles. The van der Waals surface area contributed by atoms with Gasteiger partial charge in [-0.3, -0.25) is 0 Å². The Morgan fingerprint density at radius 3 is 1.32 bits per heavy atom. The summed E-state index contributed by atoms with van der Waals surface area (Å²) >= 11 is 0. The van der Waals surface area contributed by atoms with Gasteiger partial charge in [0.25, 0.3) is 0 Å². The minimum Gasteiger partial charge on any atom is -0.355 e. The van der Waals surface area contributed by atoms with Gasteiger partial charge < -0.3 is 9.97 Å². The van der Waals surface area contributed by atoms with Crippen LogP contribution in [0, 0.1) is 46.5 Å². The quantitative estimate of drug-likeness (QED) is 0.176. The monoisotopic (exact) mass is 758 g/mol. The number of benzene rings is 4. The van der Waals surface area contributed by atoms with E-state index in [1.54, 1.807) is 30.4 Å². The van der Waals surface area contributed by atoms with E-state index in [4.69, 9.17) is 0 Å². The van der Waals surface area contributed by atoms with Crippen LogP contribution in [0.1, 0.15) is 28.3 Å². The molecule has 0 fully saturated rings. The van der Waals surface area contributed by atoms with Crippen LogP contribution in [0.15, 0.2) is 103 Å². The Kier molecular flexibility index (Phi) is 8.26. The van der Waals surface area contributed by atoms with E-state index in [1.165, 1.54) is 18.2 Å². The molecule has 0 spiro atoms. The van der Waals surface area contributed by atoms with Gasteiger partial charge in [-0.1, -0.05) is 24.3 Å². The van der Waals surface area contributed by atoms with Crippen molar-refractivity contribution in [3.8, 4) is 33.4 Å². The van der Waals surface area contributed by atoms with Crippen LogP contribution in [0.2, 0.25) is 0 Å². The van der Waals surface area contributed by atoms with Crippen molar-refractivity contribution in [1.29, 1.82) is 0 Å². The van der Waals surface area contributed by atoms with Crippen LogP contribution in [0.4, 0.5) is 35.1 Å². The minimum absolute atomic E-state index is 0.0541. The lowest BCUT2D eigenvalue weighted by molar-refractivity contribution is 0.577. The number of rotatable bonds is 4. The Morgan fingerprint density at radius 2 is 0.804 bits per heavy atom. The fourth-order valence-electron chi connectivity index (χ4n) is 7.16. The van der Waals surface area contributed by atoms with E-state index < -0.39 is 96.7 Å². The van der Waals surface area contributed by atoms with Crippen molar-refractivity contribution in [2.24, 2.45) is 0 Å². The van der Waals surface area contributed by atoms with Gasteiger partial charge in [-0.05, 0) is 97.1 Å². The number of aromatic nitrogens is 4. The smallest absolute Gasteiger partial charge is 0.134 e. The highest BCUT2D eigenvalue weighted by molar-refractivity contribution is 6.11. The van der Waals surface area contributed by atoms with Crippen LogP contribution in [-0.2, 0) is 0 Å². The molecule has 0 radical (unpaired) electrons. The van der Waals surface area contributed by atoms with Crippen molar-refractivity contribution in [3.63, 3.8) is 0 Å². The van der Waals surface area contributed by atoms with Crippen LogP contribution >= 0.6 is 0 Å². The number of nitrogens with one attached hydrogen (secondary N) is 2. The maximum Gasteiger partial charge on any atom is 0.134 e. The molecule has 0 amide bonds. The van der Waals surface area contributed by atoms with Gasteiger partial charge in [0.1, 0.15) is 46.5 Å². The number of nitrogens with zero attached hydrogens (tertiary/aromatic N) is 2. The number of H-pyrrole nitrogens is 2. The van der Waals surface area contributed by atoms with Gasteiger partial charge in [0.05, 0.1) is 50.5 Å². The number of hydrogen-bond acceptors (Lipinski definition) is 2. The Morgan fingerprint density at radius 1 is 0.375 bits per heavy atom. The Balaban J connectivity index is 1.63. The summed E-state index contributed by atoms with van der Waals surface area (Å²) in [6.07, 6.45) is 4.53. The lowest BCUT2D eigenvalue weighted by Gasteiger charge is -2.15. The molecule has 4 nitrogen and oxygen atoms in total. The van der Waals surface area contributed by atoms with Crippen LogP contribution in [0.5, 0.6) is 0 Å². The predicted octanol–water partition coefficient (Wildman–Crippen LogP) is 12.2. The van der Waals surface area contributed by atoms with E-state index in [2.05, 4.69) is 19.9 Å². The second-order valence-corrected chi connectivity index (χ2v) is 13.0. The molecule has 0 saturated carbocycles. The average molecular weight is 759 g/mol. The molecule has 12 heteroatoms. The second-order valence-electron chi connectivity index (χ2n) is 13.0. The molecule has 0 atom stereocenters. The van der Waals surface area contributed by atoms with E-state index in [0.717, 1.165) is 72.8 Å². The fraction of sp³-hybridized carbons (Fsp3) is 0. The second kappa shape index (κ2) is 13.3. The molecule has 2 aliphatic heterocycles. The zero-order chi connectivity index (χ0) is 38.8. The van der Waals surface area contributed by atoms with E-state index in [-0.39, 0.29) is 22.5 Å². The van der Waals surface area contributed by atoms with E-state index in [0.29, 0.717) is 16.7 Å². The summed E-state index contributed by atoms with van der Waals surface area (Å²) in [7, 11) is 0. The summed E-state index contributed by atoms with van der Waals surface area (Å²) in [5, 5.41) is 0. The van der Waals surface area contributed by atoms with Crippen molar-refractivity contribution in [2.75, 3.05) is 0 Å². The van der Waals surface area contributed by atoms with Gasteiger partial charge in [-0.25, -0.2) is 45.1 Å². The Hall–Kier alpha value is -7.08. The molecule has 2 N–H and O–H groups in total. The fourth-order valence-corrected chi connectivity index (χ4v) is 7.16. The summed E-state index contributed by atoms with van der Waals surface area (Å²) in [6, 6.07) is 19.8. The third-order valence-corrected chi connectivity index (χ3v) is 9.49. The lowest BCUT2D eigenvalue weighted by Crippen LogP contribution is -2.01. The predicted molar refractivity (Wildman–Crippen MR) is 199 cm³/mol. The number of halogens is 8. The van der Waals surface area contributed by atoms with Crippen LogP contribution in [0.25, 0.3) is 79.2 Å². The van der Waals surface area contributed by atoms with Crippen molar-refractivity contribution in [2.45, 2.75) is 0 Å². The highest BCUT2D eigenvalue weighted by atomic mass is 19.2. The average Bonchev–Trinajstić information content (AvgIpc) is 3.95. The molecule has 7 aromatic rings. The number of fused-ring (bicyclic) bond motifs is 8. The van der Waals surface area contributed by atoms with Crippen molar-refractivity contribution in [1.82, 2.24) is 19.9 Å². The summed E-state index contributed by atoms with van der Waals surface area (Å²) in [5.74, 6) is -9.21. The third-order valence-electron chi connectivity index (χ3n) is 9.49. The van der Waals surface area contributed by atoms with Crippen LogP contribution in [0.3, 0.4) is 0 Å². The van der Waals surface area contributed by atoms with Gasteiger partial charge >= 0.3 is 0 Å². The van der Waals surface area contributed by atoms with Crippen molar-refractivity contribution < 1.29 is 35.1 Å². The molecule has 274 valence electrons. The summed E-state index contributed by atoms with van der Waals surface area (Å²) < 4.78 is 129. The van der Waals surface area contributed by atoms with Crippen molar-refractivity contribution >= 4 is 45.9 Å². The molecular formula is C44H22F8N4. The van der Waals surface area contributed by atoms with E-state index in [9.17, 15) is 0 Å². The molecule has 2 aliphatic rings. The van der Waals surface area contributed by atoms with E-state index in [1.807, 2.05) is 0 Å². The summed E-state index contributed by atoms with van der Waals surface area (Å²) in [5.41, 5.74) is -4.25. The van der Waals surface area contributed by atoms with Gasteiger partial charge in [-0.15, -0.1) is 0 Å². The zero-order valence-corrected chi connectivity index (χ0v) is 28.5. The Labute approximate surface area is 311 Å². The number of hydrogen-bond donors (Lipinski definition) is 2. The van der Waals surface area contributed by atoms with Crippen LogP contribution < -0.4 is 0 Å². The topological polar surface area (TPSA) is 57.4 Å². The van der Waals surface area contributed by atoms with E-state index >= 15 is 35.1 Å². The maximum absolute atomic E-state index is 16.3. The van der Waals surface area contributed by atoms with Crippen LogP contribution in [-0.4, -0.2) is 19.9 Å². The standard InChI is InChI=1S/C44H22F8N4/c45-27-5-1-6-28(46)36(27)26-19-25-18-23-14-13-21(53-23)17-22-15-16-24(54-22)20-35-40(37-29(47)7-2-8-30(37)48)41(38-31(49)9-3-10-32(38)50)44(56-35)42(43(26)55-25)39-33(51)11-4-12-34(39)52/h1-20,53,56H. The summed E-state index contributed by atoms with van der Waals surface area (Å²) in [4.78, 5) is 15.4. The Bertz CT molecular complexity index is 2950. The zero-order valence-electron chi connectivity index (χ0n) is 28.5.